The molecule has 7 nitrogen and oxygen atoms in total. The number of nitrogens with zero attached hydrogens (tertiary/aromatic N) is 2. The highest BCUT2D eigenvalue weighted by atomic mass is 35.5. The third-order valence-corrected chi connectivity index (χ3v) is 5.83. The first-order chi connectivity index (χ1) is 15.7. The summed E-state index contributed by atoms with van der Waals surface area (Å²) in [5.74, 6) is 0.396. The van der Waals surface area contributed by atoms with E-state index in [4.69, 9.17) is 22.1 Å². The molecular weight excluding hydrogens is 438 g/mol. The predicted octanol–water partition coefficient (Wildman–Crippen LogP) is 5.12. The second kappa shape index (κ2) is 9.55. The number of aromatic nitrogens is 1. The molecule has 33 heavy (non-hydrogen) atoms. The minimum Gasteiger partial charge on any atom is -0.409 e. The molecule has 4 N–H and O–H groups in total. The molecule has 2 aromatic carbocycles. The van der Waals surface area contributed by atoms with Crippen LogP contribution >= 0.6 is 11.6 Å². The number of hydrogen-bond acceptors (Lipinski definition) is 6. The van der Waals surface area contributed by atoms with Crippen molar-refractivity contribution in [3.8, 4) is 16.9 Å². The molecule has 1 amide bonds. The van der Waals surface area contributed by atoms with E-state index < -0.39 is 6.09 Å². The normalized spacial score (nSPS) is 14.5. The van der Waals surface area contributed by atoms with Crippen LogP contribution in [0.15, 0.2) is 42.5 Å². The lowest BCUT2D eigenvalue weighted by atomic mass is 9.97. The van der Waals surface area contributed by atoms with Gasteiger partial charge >= 0.3 is 6.09 Å². The molecule has 1 fully saturated rings. The first kappa shape index (κ1) is 23.3. The highest BCUT2D eigenvalue weighted by Gasteiger charge is 2.21. The zero-order chi connectivity index (χ0) is 23.6. The van der Waals surface area contributed by atoms with E-state index in [2.05, 4.69) is 20.7 Å². The minimum absolute atomic E-state index is 0.221. The summed E-state index contributed by atoms with van der Waals surface area (Å²) in [4.78, 5) is 19.4. The summed E-state index contributed by atoms with van der Waals surface area (Å²) in [5, 5.41) is 1.06. The molecular formula is C25H30ClN5O2. The van der Waals surface area contributed by atoms with Gasteiger partial charge in [0.2, 0.25) is 0 Å². The van der Waals surface area contributed by atoms with Crippen molar-refractivity contribution in [1.82, 2.24) is 20.7 Å². The Morgan fingerprint density at radius 3 is 2.64 bits per heavy atom. The van der Waals surface area contributed by atoms with Crippen molar-refractivity contribution >= 4 is 34.3 Å². The van der Waals surface area contributed by atoms with Gasteiger partial charge in [0.05, 0.1) is 11.2 Å². The number of anilines is 1. The van der Waals surface area contributed by atoms with Crippen LogP contribution < -0.4 is 21.3 Å². The van der Waals surface area contributed by atoms with Crippen molar-refractivity contribution in [3.05, 3.63) is 53.2 Å². The molecule has 0 atom stereocenters. The van der Waals surface area contributed by atoms with E-state index >= 15 is 0 Å². The number of pyridine rings is 1. The number of nitrogens with one attached hydrogen (secondary N) is 2. The maximum Gasteiger partial charge on any atom is 0.427 e. The van der Waals surface area contributed by atoms with Gasteiger partial charge in [-0.05, 0) is 70.5 Å². The summed E-state index contributed by atoms with van der Waals surface area (Å²) in [6, 6.07) is 13.5. The summed E-state index contributed by atoms with van der Waals surface area (Å²) in [6.45, 7) is 8.82. The Balaban J connectivity index is 1.78. The summed E-state index contributed by atoms with van der Waals surface area (Å²) in [5.41, 5.74) is 15.3. The SMILES string of the molecule is CC(C)(C)NNC(=O)Oc1ccc(CN2CCCC2)cc1-c1c(N)c(Cl)nc2ccccc12. The topological polar surface area (TPSA) is 92.5 Å². The Bertz CT molecular complexity index is 1170. The standard InChI is InChI=1S/C25H30ClN5O2/c1-25(2,3)30-29-24(32)33-20-11-10-16(15-31-12-6-7-13-31)14-18(20)21-17-8-4-5-9-19(17)28-23(26)22(21)27/h4-5,8-11,14,30H,6-7,12-13,15,27H2,1-3H3,(H,29,32). The lowest BCUT2D eigenvalue weighted by Gasteiger charge is -2.22. The van der Waals surface area contributed by atoms with Gasteiger partial charge in [-0.1, -0.05) is 35.9 Å². The highest BCUT2D eigenvalue weighted by Crippen LogP contribution is 2.42. The van der Waals surface area contributed by atoms with Crippen molar-refractivity contribution in [2.45, 2.75) is 45.7 Å². The van der Waals surface area contributed by atoms with Crippen LogP contribution in [0.2, 0.25) is 5.15 Å². The van der Waals surface area contributed by atoms with Crippen LogP contribution in [0.5, 0.6) is 5.75 Å². The number of rotatable bonds is 5. The van der Waals surface area contributed by atoms with Crippen LogP contribution in [0.1, 0.15) is 39.2 Å². The van der Waals surface area contributed by atoms with Gasteiger partial charge in [-0.25, -0.2) is 15.2 Å². The van der Waals surface area contributed by atoms with E-state index in [9.17, 15) is 4.79 Å². The van der Waals surface area contributed by atoms with Crippen LogP contribution in [0.4, 0.5) is 10.5 Å². The zero-order valence-electron chi connectivity index (χ0n) is 19.2. The number of carbonyl (C=O) groups excluding carboxylic acids is 1. The lowest BCUT2D eigenvalue weighted by Crippen LogP contribution is -2.49. The average Bonchev–Trinajstić information content (AvgIpc) is 3.27. The summed E-state index contributed by atoms with van der Waals surface area (Å²) in [6.07, 6.45) is 1.82. The van der Waals surface area contributed by atoms with Gasteiger partial charge < -0.3 is 10.5 Å². The molecule has 0 unspecified atom stereocenters. The summed E-state index contributed by atoms with van der Waals surface area (Å²) < 4.78 is 5.72. The number of nitrogens with two attached hydrogens (primary N) is 1. The maximum atomic E-state index is 12.5. The number of ether oxygens (including phenoxy) is 1. The number of likely N-dealkylation sites (tertiary alicyclic amines) is 1. The first-order valence-corrected chi connectivity index (χ1v) is 11.5. The molecule has 0 spiro atoms. The van der Waals surface area contributed by atoms with Crippen LogP contribution in [0.25, 0.3) is 22.0 Å². The van der Waals surface area contributed by atoms with Gasteiger partial charge in [-0.2, -0.15) is 0 Å². The Morgan fingerprint density at radius 1 is 1.18 bits per heavy atom. The van der Waals surface area contributed by atoms with Crippen LogP contribution in [0, 0.1) is 0 Å². The maximum absolute atomic E-state index is 12.5. The minimum atomic E-state index is -0.610. The molecule has 1 aromatic heterocycles. The molecule has 1 saturated heterocycles. The molecule has 174 valence electrons. The third-order valence-electron chi connectivity index (χ3n) is 5.54. The van der Waals surface area contributed by atoms with Crippen LogP contribution in [-0.2, 0) is 6.54 Å². The number of hydrogen-bond donors (Lipinski definition) is 3. The number of para-hydroxylation sites is 1. The zero-order valence-corrected chi connectivity index (χ0v) is 20.0. The largest absolute Gasteiger partial charge is 0.427 e. The highest BCUT2D eigenvalue weighted by molar-refractivity contribution is 6.33. The number of carbonyl (C=O) groups is 1. The summed E-state index contributed by atoms with van der Waals surface area (Å²) >= 11 is 6.40. The third kappa shape index (κ3) is 5.55. The van der Waals surface area contributed by atoms with Gasteiger partial charge in [-0.15, -0.1) is 0 Å². The molecule has 8 heteroatoms. The van der Waals surface area contributed by atoms with E-state index in [0.717, 1.165) is 36.1 Å². The van der Waals surface area contributed by atoms with Crippen LogP contribution in [0.3, 0.4) is 0 Å². The molecule has 4 rings (SSSR count). The molecule has 3 aromatic rings. The van der Waals surface area contributed by atoms with Crippen molar-refractivity contribution in [2.75, 3.05) is 18.8 Å². The molecule has 0 bridgehead atoms. The Kier molecular flexibility index (Phi) is 6.74. The van der Waals surface area contributed by atoms with Crippen molar-refractivity contribution in [1.29, 1.82) is 0 Å². The second-order valence-electron chi connectivity index (χ2n) is 9.41. The van der Waals surface area contributed by atoms with E-state index in [0.29, 0.717) is 22.6 Å². The number of nitrogen functional groups attached to an aromatic ring is 1. The first-order valence-electron chi connectivity index (χ1n) is 11.2. The fraction of sp³-hybridized carbons (Fsp3) is 0.360. The molecule has 0 radical (unpaired) electrons. The lowest BCUT2D eigenvalue weighted by molar-refractivity contribution is 0.188. The number of fused-ring (bicyclic) bond motifs is 1. The number of halogens is 1. The smallest absolute Gasteiger partial charge is 0.409 e. The number of benzene rings is 2. The monoisotopic (exact) mass is 467 g/mol. The van der Waals surface area contributed by atoms with Gasteiger partial charge in [0.1, 0.15) is 5.75 Å². The van der Waals surface area contributed by atoms with Crippen molar-refractivity contribution < 1.29 is 9.53 Å². The molecule has 0 aliphatic carbocycles. The van der Waals surface area contributed by atoms with Gasteiger partial charge in [0, 0.05) is 28.6 Å². The van der Waals surface area contributed by atoms with Crippen molar-refractivity contribution in [2.24, 2.45) is 0 Å². The van der Waals surface area contributed by atoms with E-state index in [1.54, 1.807) is 0 Å². The quantitative estimate of drug-likeness (QED) is 0.356. The number of hydrazine groups is 1. The van der Waals surface area contributed by atoms with Crippen LogP contribution in [-0.4, -0.2) is 34.6 Å². The van der Waals surface area contributed by atoms with Crippen molar-refractivity contribution in [3.63, 3.8) is 0 Å². The predicted molar refractivity (Wildman–Crippen MR) is 133 cm³/mol. The number of amides is 1. The Morgan fingerprint density at radius 2 is 1.91 bits per heavy atom. The van der Waals surface area contributed by atoms with E-state index in [1.165, 1.54) is 12.8 Å². The summed E-state index contributed by atoms with van der Waals surface area (Å²) in [7, 11) is 0. The second-order valence-corrected chi connectivity index (χ2v) is 9.77. The fourth-order valence-electron chi connectivity index (χ4n) is 4.01. The molecule has 1 aliphatic rings. The fourth-order valence-corrected chi connectivity index (χ4v) is 4.20. The average molecular weight is 468 g/mol. The van der Waals surface area contributed by atoms with E-state index in [-0.39, 0.29) is 10.7 Å². The van der Waals surface area contributed by atoms with E-state index in [1.807, 2.05) is 63.2 Å². The molecule has 1 aliphatic heterocycles. The van der Waals surface area contributed by atoms with Gasteiger partial charge in [-0.3, -0.25) is 10.3 Å². The molecule has 2 heterocycles. The van der Waals surface area contributed by atoms with Gasteiger partial charge in [0.25, 0.3) is 0 Å². The Labute approximate surface area is 199 Å². The Hall–Kier alpha value is -2.87. The molecule has 0 saturated carbocycles. The van der Waals surface area contributed by atoms with Gasteiger partial charge in [0.15, 0.2) is 5.15 Å².